The van der Waals surface area contributed by atoms with Crippen molar-refractivity contribution in [3.8, 4) is 17.4 Å². The first-order valence-corrected chi connectivity index (χ1v) is 8.80. The molecule has 0 atom stereocenters. The molecule has 1 N–H and O–H groups in total. The standard InChI is InChI=1S/C21H14ClN3O4/c1-13-5-4-7-17(22)20(13)24-21(26)14(12-23)11-15-9-10-19(29-15)16-6-2-3-8-18(16)25(27)28/h2-11H,1H3,(H,24,26)/b14-11+. The van der Waals surface area contributed by atoms with E-state index in [2.05, 4.69) is 5.32 Å². The van der Waals surface area contributed by atoms with Gasteiger partial charge >= 0.3 is 0 Å². The molecule has 3 aromatic rings. The zero-order chi connectivity index (χ0) is 21.0. The van der Waals surface area contributed by atoms with E-state index in [0.717, 1.165) is 5.56 Å². The Balaban J connectivity index is 1.89. The van der Waals surface area contributed by atoms with Crippen molar-refractivity contribution in [1.29, 1.82) is 5.26 Å². The Kier molecular flexibility index (Phi) is 5.77. The van der Waals surface area contributed by atoms with Gasteiger partial charge in [0.25, 0.3) is 11.6 Å². The fourth-order valence-corrected chi connectivity index (χ4v) is 2.95. The van der Waals surface area contributed by atoms with E-state index in [1.54, 1.807) is 49.4 Å². The van der Waals surface area contributed by atoms with Crippen LogP contribution in [-0.2, 0) is 4.79 Å². The molecule has 0 saturated carbocycles. The van der Waals surface area contributed by atoms with Crippen LogP contribution in [0.15, 0.2) is 64.6 Å². The van der Waals surface area contributed by atoms with E-state index in [4.69, 9.17) is 16.0 Å². The summed E-state index contributed by atoms with van der Waals surface area (Å²) in [5, 5.41) is 23.5. The first kappa shape index (κ1) is 19.9. The fraction of sp³-hybridized carbons (Fsp3) is 0.0476. The lowest BCUT2D eigenvalue weighted by atomic mass is 10.1. The second-order valence-electron chi connectivity index (χ2n) is 6.03. The summed E-state index contributed by atoms with van der Waals surface area (Å²) in [6.07, 6.45) is 1.26. The Labute approximate surface area is 171 Å². The molecule has 0 bridgehead atoms. The number of benzene rings is 2. The number of hydrogen-bond donors (Lipinski definition) is 1. The van der Waals surface area contributed by atoms with Crippen LogP contribution >= 0.6 is 11.6 Å². The maximum absolute atomic E-state index is 12.5. The van der Waals surface area contributed by atoms with Gasteiger partial charge in [-0.2, -0.15) is 5.26 Å². The predicted molar refractivity (Wildman–Crippen MR) is 109 cm³/mol. The lowest BCUT2D eigenvalue weighted by Gasteiger charge is -2.09. The number of nitro groups is 1. The number of anilines is 1. The van der Waals surface area contributed by atoms with Crippen LogP contribution in [0.5, 0.6) is 0 Å². The number of nitrogens with zero attached hydrogens (tertiary/aromatic N) is 2. The maximum atomic E-state index is 12.5. The summed E-state index contributed by atoms with van der Waals surface area (Å²) >= 11 is 6.10. The number of carbonyl (C=O) groups is 1. The number of halogens is 1. The summed E-state index contributed by atoms with van der Waals surface area (Å²) in [6.45, 7) is 1.78. The molecular weight excluding hydrogens is 394 g/mol. The van der Waals surface area contributed by atoms with Gasteiger partial charge in [0.1, 0.15) is 23.2 Å². The van der Waals surface area contributed by atoms with Crippen LogP contribution in [0.25, 0.3) is 17.4 Å². The van der Waals surface area contributed by atoms with Crippen LogP contribution in [-0.4, -0.2) is 10.8 Å². The first-order valence-electron chi connectivity index (χ1n) is 8.42. The molecule has 0 aliphatic rings. The van der Waals surface area contributed by atoms with Crippen molar-refractivity contribution in [3.05, 3.63) is 86.6 Å². The van der Waals surface area contributed by atoms with E-state index in [1.165, 1.54) is 18.2 Å². The summed E-state index contributed by atoms with van der Waals surface area (Å²) in [5.41, 5.74) is 1.16. The number of amides is 1. The lowest BCUT2D eigenvalue weighted by Crippen LogP contribution is -2.14. The molecule has 29 heavy (non-hydrogen) atoms. The average molecular weight is 408 g/mol. The smallest absolute Gasteiger partial charge is 0.280 e. The topological polar surface area (TPSA) is 109 Å². The molecule has 3 rings (SSSR count). The molecular formula is C21H14ClN3O4. The minimum Gasteiger partial charge on any atom is -0.456 e. The maximum Gasteiger partial charge on any atom is 0.280 e. The third-order valence-electron chi connectivity index (χ3n) is 4.11. The molecule has 0 radical (unpaired) electrons. The molecule has 0 aliphatic carbocycles. The quantitative estimate of drug-likeness (QED) is 0.265. The zero-order valence-corrected chi connectivity index (χ0v) is 15.9. The first-order chi connectivity index (χ1) is 13.9. The number of para-hydroxylation sites is 2. The molecule has 0 saturated heterocycles. The number of nitriles is 1. The monoisotopic (exact) mass is 407 g/mol. The number of rotatable bonds is 5. The van der Waals surface area contributed by atoms with Crippen LogP contribution in [0.2, 0.25) is 5.02 Å². The van der Waals surface area contributed by atoms with Crippen molar-refractivity contribution >= 4 is 35.0 Å². The van der Waals surface area contributed by atoms with Crippen LogP contribution in [0, 0.1) is 28.4 Å². The van der Waals surface area contributed by atoms with Gasteiger partial charge < -0.3 is 9.73 Å². The minimum absolute atomic E-state index is 0.107. The number of carbonyl (C=O) groups excluding carboxylic acids is 1. The van der Waals surface area contributed by atoms with Crippen LogP contribution in [0.4, 0.5) is 11.4 Å². The van der Waals surface area contributed by atoms with Gasteiger partial charge in [0, 0.05) is 12.1 Å². The van der Waals surface area contributed by atoms with E-state index in [-0.39, 0.29) is 22.8 Å². The number of hydrogen-bond acceptors (Lipinski definition) is 5. The Morgan fingerprint density at radius 1 is 1.21 bits per heavy atom. The molecule has 144 valence electrons. The Hall–Kier alpha value is -3.89. The fourth-order valence-electron chi connectivity index (χ4n) is 2.68. The van der Waals surface area contributed by atoms with Crippen molar-refractivity contribution in [2.75, 3.05) is 5.32 Å². The lowest BCUT2D eigenvalue weighted by molar-refractivity contribution is -0.384. The van der Waals surface area contributed by atoms with Gasteiger partial charge in [-0.3, -0.25) is 14.9 Å². The normalized spacial score (nSPS) is 11.0. The van der Waals surface area contributed by atoms with Crippen LogP contribution in [0.3, 0.4) is 0 Å². The van der Waals surface area contributed by atoms with Crippen LogP contribution < -0.4 is 5.32 Å². The van der Waals surface area contributed by atoms with Crippen molar-refractivity contribution in [2.45, 2.75) is 6.92 Å². The second-order valence-corrected chi connectivity index (χ2v) is 6.44. The van der Waals surface area contributed by atoms with Crippen molar-refractivity contribution in [2.24, 2.45) is 0 Å². The highest BCUT2D eigenvalue weighted by Crippen LogP contribution is 2.31. The number of nitro benzene ring substituents is 1. The van der Waals surface area contributed by atoms with Crippen molar-refractivity contribution in [3.63, 3.8) is 0 Å². The van der Waals surface area contributed by atoms with Crippen LogP contribution in [0.1, 0.15) is 11.3 Å². The third kappa shape index (κ3) is 4.34. The van der Waals surface area contributed by atoms with E-state index in [0.29, 0.717) is 16.3 Å². The Morgan fingerprint density at radius 3 is 2.66 bits per heavy atom. The summed E-state index contributed by atoms with van der Waals surface area (Å²) in [7, 11) is 0. The highest BCUT2D eigenvalue weighted by molar-refractivity contribution is 6.34. The van der Waals surface area contributed by atoms with Gasteiger partial charge in [0.2, 0.25) is 0 Å². The van der Waals surface area contributed by atoms with Gasteiger partial charge in [-0.25, -0.2) is 0 Å². The van der Waals surface area contributed by atoms with Gasteiger partial charge in [0.05, 0.1) is 21.2 Å². The predicted octanol–water partition coefficient (Wildman–Crippen LogP) is 5.36. The van der Waals surface area contributed by atoms with Gasteiger partial charge in [-0.15, -0.1) is 0 Å². The summed E-state index contributed by atoms with van der Waals surface area (Å²) < 4.78 is 5.60. The zero-order valence-electron chi connectivity index (χ0n) is 15.2. The molecule has 0 spiro atoms. The molecule has 0 aliphatic heterocycles. The summed E-state index contributed by atoms with van der Waals surface area (Å²) in [5.74, 6) is -0.184. The summed E-state index contributed by atoms with van der Waals surface area (Å²) in [4.78, 5) is 23.2. The number of aryl methyl sites for hydroxylation is 1. The van der Waals surface area contributed by atoms with E-state index >= 15 is 0 Å². The number of nitrogens with one attached hydrogen (secondary N) is 1. The minimum atomic E-state index is -0.646. The molecule has 1 heterocycles. The Bertz CT molecular complexity index is 1150. The Morgan fingerprint density at radius 2 is 1.97 bits per heavy atom. The highest BCUT2D eigenvalue weighted by Gasteiger charge is 2.18. The van der Waals surface area contributed by atoms with Gasteiger partial charge in [0.15, 0.2) is 0 Å². The number of furan rings is 1. The average Bonchev–Trinajstić information content (AvgIpc) is 3.17. The van der Waals surface area contributed by atoms with Gasteiger partial charge in [-0.1, -0.05) is 35.9 Å². The molecule has 0 fully saturated rings. The molecule has 8 heteroatoms. The largest absolute Gasteiger partial charge is 0.456 e. The van der Waals surface area contributed by atoms with E-state index in [1.807, 2.05) is 6.07 Å². The second kappa shape index (κ2) is 8.42. The van der Waals surface area contributed by atoms with Crippen molar-refractivity contribution < 1.29 is 14.1 Å². The van der Waals surface area contributed by atoms with Crippen molar-refractivity contribution in [1.82, 2.24) is 0 Å². The van der Waals surface area contributed by atoms with Gasteiger partial charge in [-0.05, 0) is 36.8 Å². The molecule has 2 aromatic carbocycles. The third-order valence-corrected chi connectivity index (χ3v) is 4.42. The molecule has 7 nitrogen and oxygen atoms in total. The van der Waals surface area contributed by atoms with E-state index in [9.17, 15) is 20.2 Å². The molecule has 0 unspecified atom stereocenters. The summed E-state index contributed by atoms with van der Waals surface area (Å²) in [6, 6.07) is 16.2. The molecule has 1 aromatic heterocycles. The highest BCUT2D eigenvalue weighted by atomic mass is 35.5. The SMILES string of the molecule is Cc1cccc(Cl)c1NC(=O)/C(C#N)=C/c1ccc(-c2ccccc2[N+](=O)[O-])o1. The van der Waals surface area contributed by atoms with E-state index < -0.39 is 10.8 Å². The molecule has 1 amide bonds.